The minimum absolute atomic E-state index is 0.575. The molecular weight excluding hydrogens is 288 g/mol. The lowest BCUT2D eigenvalue weighted by Gasteiger charge is -2.00. The van der Waals surface area contributed by atoms with Crippen LogP contribution in [-0.2, 0) is 19.5 Å². The molecule has 0 spiro atoms. The number of hydrogen-bond donors (Lipinski definition) is 1. The standard InChI is InChI=1S/C18H23N4O/c1-2-18-20-16-13-15(6-7-17(16)23-18)5-3-9-21-11-12-22(14-21)10-4-8-19/h2,6-7,11-14H,1,3-5,8-10,19H2/q+1. The molecule has 0 aliphatic rings. The molecule has 2 heterocycles. The summed E-state index contributed by atoms with van der Waals surface area (Å²) in [4.78, 5) is 4.39. The molecule has 0 atom stereocenters. The molecule has 3 aromatic rings. The Morgan fingerprint density at radius 1 is 1.35 bits per heavy atom. The van der Waals surface area contributed by atoms with Crippen LogP contribution in [0.2, 0.25) is 0 Å². The van der Waals surface area contributed by atoms with Crippen molar-refractivity contribution in [2.24, 2.45) is 5.73 Å². The van der Waals surface area contributed by atoms with E-state index in [9.17, 15) is 0 Å². The second kappa shape index (κ2) is 7.24. The van der Waals surface area contributed by atoms with E-state index in [2.05, 4.69) is 51.6 Å². The summed E-state index contributed by atoms with van der Waals surface area (Å²) < 4.78 is 9.94. The van der Waals surface area contributed by atoms with Gasteiger partial charge in [-0.3, -0.25) is 0 Å². The highest BCUT2D eigenvalue weighted by Gasteiger charge is 2.06. The van der Waals surface area contributed by atoms with Crippen molar-refractivity contribution in [1.82, 2.24) is 9.55 Å². The predicted molar refractivity (Wildman–Crippen MR) is 90.7 cm³/mol. The molecule has 0 saturated heterocycles. The van der Waals surface area contributed by atoms with Crippen LogP contribution in [0.15, 0.2) is 47.9 Å². The molecular formula is C18H23N4O+. The summed E-state index contributed by atoms with van der Waals surface area (Å²) in [7, 11) is 0. The van der Waals surface area contributed by atoms with Crippen molar-refractivity contribution in [3.63, 3.8) is 0 Å². The van der Waals surface area contributed by atoms with Gasteiger partial charge < -0.3 is 10.2 Å². The van der Waals surface area contributed by atoms with Gasteiger partial charge in [0, 0.05) is 0 Å². The Labute approximate surface area is 136 Å². The largest absolute Gasteiger partial charge is 0.437 e. The number of hydrogen-bond acceptors (Lipinski definition) is 3. The third-order valence-electron chi connectivity index (χ3n) is 3.89. The lowest BCUT2D eigenvalue weighted by molar-refractivity contribution is -0.696. The molecule has 23 heavy (non-hydrogen) atoms. The molecule has 0 unspecified atom stereocenters. The molecule has 120 valence electrons. The van der Waals surface area contributed by atoms with Crippen LogP contribution in [0, 0.1) is 0 Å². The van der Waals surface area contributed by atoms with Crippen LogP contribution in [0.5, 0.6) is 0 Å². The molecule has 5 nitrogen and oxygen atoms in total. The number of imidazole rings is 1. The summed E-state index contributed by atoms with van der Waals surface area (Å²) in [6, 6.07) is 6.20. The number of fused-ring (bicyclic) bond motifs is 1. The molecule has 0 saturated carbocycles. The fourth-order valence-electron chi connectivity index (χ4n) is 2.68. The van der Waals surface area contributed by atoms with Crippen LogP contribution < -0.4 is 10.3 Å². The average molecular weight is 311 g/mol. The van der Waals surface area contributed by atoms with Crippen LogP contribution in [0.3, 0.4) is 0 Å². The molecule has 0 amide bonds. The Kier molecular flexibility index (Phi) is 4.88. The summed E-state index contributed by atoms with van der Waals surface area (Å²) in [6.07, 6.45) is 11.1. The van der Waals surface area contributed by atoms with Crippen LogP contribution in [0.25, 0.3) is 17.2 Å². The van der Waals surface area contributed by atoms with Gasteiger partial charge in [0.05, 0.1) is 13.1 Å². The lowest BCUT2D eigenvalue weighted by Crippen LogP contribution is -2.31. The highest BCUT2D eigenvalue weighted by molar-refractivity contribution is 5.74. The summed E-state index contributed by atoms with van der Waals surface area (Å²) in [5.41, 5.74) is 8.54. The molecule has 2 N–H and O–H groups in total. The van der Waals surface area contributed by atoms with Gasteiger partial charge in [-0.1, -0.05) is 12.6 Å². The summed E-state index contributed by atoms with van der Waals surface area (Å²) in [5.74, 6) is 0.575. The maximum absolute atomic E-state index is 5.54. The van der Waals surface area contributed by atoms with Gasteiger partial charge in [0.25, 0.3) is 0 Å². The molecule has 3 rings (SSSR count). The smallest absolute Gasteiger partial charge is 0.243 e. The normalized spacial score (nSPS) is 11.2. The van der Waals surface area contributed by atoms with E-state index in [4.69, 9.17) is 10.2 Å². The zero-order chi connectivity index (χ0) is 16.1. The van der Waals surface area contributed by atoms with E-state index in [-0.39, 0.29) is 0 Å². The molecule has 0 bridgehead atoms. The van der Waals surface area contributed by atoms with Gasteiger partial charge in [-0.05, 0) is 49.6 Å². The van der Waals surface area contributed by atoms with E-state index >= 15 is 0 Å². The van der Waals surface area contributed by atoms with E-state index in [1.165, 1.54) is 5.56 Å². The molecule has 2 aromatic heterocycles. The Bertz CT molecular complexity index is 787. The van der Waals surface area contributed by atoms with Crippen molar-refractivity contribution in [3.8, 4) is 0 Å². The first kappa shape index (κ1) is 15.5. The maximum atomic E-state index is 5.54. The fraction of sp³-hybridized carbons (Fsp3) is 0.333. The Morgan fingerprint density at radius 2 is 2.26 bits per heavy atom. The van der Waals surface area contributed by atoms with Crippen molar-refractivity contribution in [2.45, 2.75) is 32.4 Å². The first-order chi connectivity index (χ1) is 11.3. The van der Waals surface area contributed by atoms with E-state index < -0.39 is 0 Å². The van der Waals surface area contributed by atoms with Crippen molar-refractivity contribution >= 4 is 17.2 Å². The quantitative estimate of drug-likeness (QED) is 0.650. The third kappa shape index (κ3) is 3.87. The van der Waals surface area contributed by atoms with Crippen molar-refractivity contribution in [2.75, 3.05) is 6.54 Å². The van der Waals surface area contributed by atoms with Crippen LogP contribution >= 0.6 is 0 Å². The van der Waals surface area contributed by atoms with Crippen molar-refractivity contribution < 1.29 is 8.98 Å². The second-order valence-corrected chi connectivity index (χ2v) is 5.69. The fourth-order valence-corrected chi connectivity index (χ4v) is 2.68. The van der Waals surface area contributed by atoms with Gasteiger partial charge in [0.2, 0.25) is 12.2 Å². The summed E-state index contributed by atoms with van der Waals surface area (Å²) in [6.45, 7) is 6.41. The van der Waals surface area contributed by atoms with Crippen LogP contribution in [0.1, 0.15) is 24.3 Å². The second-order valence-electron chi connectivity index (χ2n) is 5.69. The number of oxazole rings is 1. The molecule has 0 aliphatic carbocycles. The first-order valence-corrected chi connectivity index (χ1v) is 8.05. The van der Waals surface area contributed by atoms with Crippen LogP contribution in [-0.4, -0.2) is 16.1 Å². The monoisotopic (exact) mass is 311 g/mol. The minimum atomic E-state index is 0.575. The van der Waals surface area contributed by atoms with Gasteiger partial charge >= 0.3 is 0 Å². The average Bonchev–Trinajstić information content (AvgIpc) is 3.18. The zero-order valence-electron chi connectivity index (χ0n) is 13.3. The topological polar surface area (TPSA) is 60.9 Å². The van der Waals surface area contributed by atoms with Crippen LogP contribution in [0.4, 0.5) is 0 Å². The summed E-state index contributed by atoms with van der Waals surface area (Å²) in [5, 5.41) is 0. The van der Waals surface area contributed by atoms with Gasteiger partial charge in [-0.25, -0.2) is 14.1 Å². The van der Waals surface area contributed by atoms with E-state index in [0.29, 0.717) is 5.89 Å². The Morgan fingerprint density at radius 3 is 3.09 bits per heavy atom. The van der Waals surface area contributed by atoms with Gasteiger partial charge in [0.1, 0.15) is 17.9 Å². The maximum Gasteiger partial charge on any atom is 0.243 e. The number of aromatic nitrogens is 3. The Balaban J connectivity index is 1.55. The molecule has 0 fully saturated rings. The molecule has 5 heteroatoms. The number of benzene rings is 1. The van der Waals surface area contributed by atoms with Crippen molar-refractivity contribution in [1.29, 1.82) is 0 Å². The molecule has 0 radical (unpaired) electrons. The lowest BCUT2D eigenvalue weighted by atomic mass is 10.1. The van der Waals surface area contributed by atoms with E-state index in [1.54, 1.807) is 6.08 Å². The molecule has 0 aliphatic heterocycles. The highest BCUT2D eigenvalue weighted by Crippen LogP contribution is 2.18. The van der Waals surface area contributed by atoms with Crippen molar-refractivity contribution in [3.05, 3.63) is 55.0 Å². The predicted octanol–water partition coefficient (Wildman–Crippen LogP) is 2.54. The number of nitrogens with two attached hydrogens (primary N) is 1. The number of nitrogens with zero attached hydrogens (tertiary/aromatic N) is 3. The highest BCUT2D eigenvalue weighted by atomic mass is 16.3. The zero-order valence-corrected chi connectivity index (χ0v) is 13.3. The van der Waals surface area contributed by atoms with Gasteiger partial charge in [-0.15, -0.1) is 0 Å². The van der Waals surface area contributed by atoms with Gasteiger partial charge in [0.15, 0.2) is 5.58 Å². The third-order valence-corrected chi connectivity index (χ3v) is 3.89. The minimum Gasteiger partial charge on any atom is -0.437 e. The van der Waals surface area contributed by atoms with E-state index in [0.717, 1.165) is 50.0 Å². The van der Waals surface area contributed by atoms with E-state index in [1.807, 2.05) is 6.07 Å². The molecule has 1 aromatic carbocycles. The van der Waals surface area contributed by atoms with Gasteiger partial charge in [-0.2, -0.15) is 0 Å². The SMILES string of the molecule is C=Cc1nc2cc(CCC[n+]3ccn(CCCN)c3)ccc2o1. The number of aryl methyl sites for hydroxylation is 3. The summed E-state index contributed by atoms with van der Waals surface area (Å²) >= 11 is 0. The first-order valence-electron chi connectivity index (χ1n) is 8.05. The Hall–Kier alpha value is -2.40. The number of rotatable bonds is 8.